The van der Waals surface area contributed by atoms with E-state index in [1.54, 1.807) is 42.5 Å². The third-order valence-electron chi connectivity index (χ3n) is 4.20. The zero-order valence-electron chi connectivity index (χ0n) is 14.7. The molecule has 8 nitrogen and oxygen atoms in total. The van der Waals surface area contributed by atoms with Crippen LogP contribution in [0.1, 0.15) is 5.56 Å². The van der Waals surface area contributed by atoms with E-state index in [-0.39, 0.29) is 22.7 Å². The number of nitrogens with two attached hydrogens (primary N) is 1. The van der Waals surface area contributed by atoms with Gasteiger partial charge in [0.05, 0.1) is 10.2 Å². The predicted octanol–water partition coefficient (Wildman–Crippen LogP) is 3.16. The van der Waals surface area contributed by atoms with Crippen molar-refractivity contribution in [2.45, 2.75) is 11.7 Å². The molecule has 1 atom stereocenters. The summed E-state index contributed by atoms with van der Waals surface area (Å²) in [6.07, 6.45) is 0.0473. The SMILES string of the molecule is N#CC(C(N)=O)=C1SC(Cc2ccccc2[N+](=O)[O-])C(=O)N1c1ccc(Cl)cc1. The number of amides is 2. The average Bonchev–Trinajstić information content (AvgIpc) is 2.99. The van der Waals surface area contributed by atoms with Gasteiger partial charge in [0.25, 0.3) is 11.6 Å². The minimum Gasteiger partial charge on any atom is -0.365 e. The number of carbonyl (C=O) groups excluding carboxylic acids is 2. The molecule has 0 saturated carbocycles. The fourth-order valence-corrected chi connectivity index (χ4v) is 4.32. The van der Waals surface area contributed by atoms with Gasteiger partial charge in [-0.1, -0.05) is 41.6 Å². The third-order valence-corrected chi connectivity index (χ3v) is 5.72. The van der Waals surface area contributed by atoms with Crippen LogP contribution in [0, 0.1) is 21.4 Å². The van der Waals surface area contributed by atoms with E-state index in [9.17, 15) is 25.0 Å². The van der Waals surface area contributed by atoms with Gasteiger partial charge < -0.3 is 5.73 Å². The Hall–Kier alpha value is -3.35. The number of anilines is 1. The van der Waals surface area contributed by atoms with E-state index in [2.05, 4.69) is 0 Å². The molecule has 1 aliphatic rings. The number of nitriles is 1. The second-order valence-electron chi connectivity index (χ2n) is 6.00. The molecule has 10 heteroatoms. The number of halogens is 1. The van der Waals surface area contributed by atoms with Gasteiger partial charge in [0.2, 0.25) is 5.91 Å². The highest BCUT2D eigenvalue weighted by molar-refractivity contribution is 8.05. The number of nitro benzene ring substituents is 1. The molecule has 1 fully saturated rings. The Kier molecular flexibility index (Phi) is 5.87. The molecule has 0 spiro atoms. The smallest absolute Gasteiger partial charge is 0.272 e. The second kappa shape index (κ2) is 8.34. The summed E-state index contributed by atoms with van der Waals surface area (Å²) in [5.41, 5.74) is 5.63. The maximum Gasteiger partial charge on any atom is 0.272 e. The summed E-state index contributed by atoms with van der Waals surface area (Å²) < 4.78 is 0. The van der Waals surface area contributed by atoms with Crippen LogP contribution in [0.15, 0.2) is 59.1 Å². The van der Waals surface area contributed by atoms with Gasteiger partial charge in [-0.05, 0) is 24.3 Å². The van der Waals surface area contributed by atoms with Crippen molar-refractivity contribution in [1.29, 1.82) is 5.26 Å². The molecule has 0 bridgehead atoms. The Morgan fingerprint density at radius 3 is 2.52 bits per heavy atom. The lowest BCUT2D eigenvalue weighted by atomic mass is 10.1. The first-order valence-corrected chi connectivity index (χ1v) is 9.52. The molecule has 29 heavy (non-hydrogen) atoms. The molecule has 2 amide bonds. The summed E-state index contributed by atoms with van der Waals surface area (Å²) >= 11 is 6.88. The molecule has 2 N–H and O–H groups in total. The Balaban J connectivity index is 2.06. The minimum absolute atomic E-state index is 0.0473. The van der Waals surface area contributed by atoms with Crippen LogP contribution in [-0.2, 0) is 16.0 Å². The zero-order valence-corrected chi connectivity index (χ0v) is 16.3. The Morgan fingerprint density at radius 2 is 1.93 bits per heavy atom. The molecular weight excluding hydrogens is 416 g/mol. The van der Waals surface area contributed by atoms with Crippen molar-refractivity contribution in [2.24, 2.45) is 5.73 Å². The minimum atomic E-state index is -0.965. The maximum atomic E-state index is 13.1. The Bertz CT molecular complexity index is 1080. The molecule has 146 valence electrons. The first kappa shape index (κ1) is 20.4. The molecule has 2 aromatic carbocycles. The molecular formula is C19H13ClN4O4S. The summed E-state index contributed by atoms with van der Waals surface area (Å²) in [5, 5.41) is 20.4. The molecule has 1 aliphatic heterocycles. The number of carbonyl (C=O) groups is 2. The number of hydrogen-bond donors (Lipinski definition) is 1. The zero-order chi connectivity index (χ0) is 21.1. The van der Waals surface area contributed by atoms with Crippen LogP contribution in [0.3, 0.4) is 0 Å². The van der Waals surface area contributed by atoms with Crippen molar-refractivity contribution >= 4 is 46.6 Å². The van der Waals surface area contributed by atoms with Gasteiger partial charge >= 0.3 is 0 Å². The molecule has 0 radical (unpaired) electrons. The summed E-state index contributed by atoms with van der Waals surface area (Å²) in [5.74, 6) is -1.38. The summed E-state index contributed by atoms with van der Waals surface area (Å²) in [6.45, 7) is 0. The number of hydrogen-bond acceptors (Lipinski definition) is 6. The molecule has 0 aliphatic carbocycles. The molecule has 0 aromatic heterocycles. The number of benzene rings is 2. The van der Waals surface area contributed by atoms with E-state index in [0.717, 1.165) is 11.8 Å². The van der Waals surface area contributed by atoms with Crippen LogP contribution in [0.2, 0.25) is 5.02 Å². The van der Waals surface area contributed by atoms with E-state index >= 15 is 0 Å². The number of nitro groups is 1. The highest BCUT2D eigenvalue weighted by atomic mass is 35.5. The number of thioether (sulfide) groups is 1. The number of primary amides is 1. The van der Waals surface area contributed by atoms with Crippen LogP contribution in [0.25, 0.3) is 0 Å². The van der Waals surface area contributed by atoms with Crippen molar-refractivity contribution < 1.29 is 14.5 Å². The second-order valence-corrected chi connectivity index (χ2v) is 7.63. The normalized spacial score (nSPS) is 17.7. The van der Waals surface area contributed by atoms with Crippen molar-refractivity contribution in [3.8, 4) is 6.07 Å². The topological polar surface area (TPSA) is 130 Å². The van der Waals surface area contributed by atoms with Crippen LogP contribution < -0.4 is 10.6 Å². The van der Waals surface area contributed by atoms with E-state index in [4.69, 9.17) is 17.3 Å². The quantitative estimate of drug-likeness (QED) is 0.337. The molecule has 1 saturated heterocycles. The number of nitrogens with zero attached hydrogens (tertiary/aromatic N) is 3. The lowest BCUT2D eigenvalue weighted by Gasteiger charge is -2.18. The number of para-hydroxylation sites is 1. The van der Waals surface area contributed by atoms with Gasteiger partial charge in [0.1, 0.15) is 16.7 Å². The summed E-state index contributed by atoms with van der Waals surface area (Å²) in [6, 6.07) is 14.1. The van der Waals surface area contributed by atoms with E-state index in [1.165, 1.54) is 17.0 Å². The van der Waals surface area contributed by atoms with Gasteiger partial charge in [-0.3, -0.25) is 24.6 Å². The van der Waals surface area contributed by atoms with Crippen molar-refractivity contribution in [1.82, 2.24) is 0 Å². The van der Waals surface area contributed by atoms with E-state index < -0.39 is 22.0 Å². The summed E-state index contributed by atoms with van der Waals surface area (Å²) in [7, 11) is 0. The fraction of sp³-hybridized carbons (Fsp3) is 0.105. The molecule has 1 heterocycles. The first-order valence-electron chi connectivity index (χ1n) is 8.26. The number of rotatable bonds is 5. The Morgan fingerprint density at radius 1 is 1.28 bits per heavy atom. The first-order chi connectivity index (χ1) is 13.8. The van der Waals surface area contributed by atoms with Gasteiger partial charge in [-0.15, -0.1) is 0 Å². The van der Waals surface area contributed by atoms with Crippen molar-refractivity contribution in [2.75, 3.05) is 4.90 Å². The van der Waals surface area contributed by atoms with Gasteiger partial charge in [-0.2, -0.15) is 5.26 Å². The van der Waals surface area contributed by atoms with Crippen molar-refractivity contribution in [3.05, 3.63) is 79.8 Å². The van der Waals surface area contributed by atoms with Gasteiger partial charge in [-0.25, -0.2) is 0 Å². The lowest BCUT2D eigenvalue weighted by Crippen LogP contribution is -2.31. The molecule has 2 aromatic rings. The lowest BCUT2D eigenvalue weighted by molar-refractivity contribution is -0.385. The summed E-state index contributed by atoms with van der Waals surface area (Å²) in [4.78, 5) is 36.9. The van der Waals surface area contributed by atoms with E-state index in [1.807, 2.05) is 0 Å². The fourth-order valence-electron chi connectivity index (χ4n) is 2.89. The van der Waals surface area contributed by atoms with Gasteiger partial charge in [0.15, 0.2) is 0 Å². The Labute approximate surface area is 174 Å². The van der Waals surface area contributed by atoms with Gasteiger partial charge in [0, 0.05) is 28.8 Å². The highest BCUT2D eigenvalue weighted by Crippen LogP contribution is 2.42. The van der Waals surface area contributed by atoms with Crippen molar-refractivity contribution in [3.63, 3.8) is 0 Å². The van der Waals surface area contributed by atoms with Crippen LogP contribution in [0.5, 0.6) is 0 Å². The van der Waals surface area contributed by atoms with Crippen LogP contribution in [-0.4, -0.2) is 22.0 Å². The monoisotopic (exact) mass is 428 g/mol. The van der Waals surface area contributed by atoms with E-state index in [0.29, 0.717) is 16.3 Å². The highest BCUT2D eigenvalue weighted by Gasteiger charge is 2.41. The predicted molar refractivity (Wildman–Crippen MR) is 109 cm³/mol. The van der Waals surface area contributed by atoms with Crippen LogP contribution in [0.4, 0.5) is 11.4 Å². The largest absolute Gasteiger partial charge is 0.365 e. The molecule has 1 unspecified atom stereocenters. The standard InChI is InChI=1S/C19H13ClN4O4S/c20-12-5-7-13(8-6-12)23-18(26)16(29-19(23)14(10-21)17(22)25)9-11-3-1-2-4-15(11)24(27)28/h1-8,16H,9H2,(H2,22,25). The average molecular weight is 429 g/mol. The maximum absolute atomic E-state index is 13.1. The van der Waals surface area contributed by atoms with Crippen LogP contribution >= 0.6 is 23.4 Å². The third kappa shape index (κ3) is 4.08. The molecule has 3 rings (SSSR count).